The van der Waals surface area contributed by atoms with E-state index in [1.165, 1.54) is 0 Å². The number of carbonyl (C=O) groups excluding carboxylic acids is 1. The Hall–Kier alpha value is -3.30. The van der Waals surface area contributed by atoms with Crippen molar-refractivity contribution in [3.63, 3.8) is 0 Å². The molecule has 1 aromatic heterocycles. The van der Waals surface area contributed by atoms with E-state index in [1.54, 1.807) is 6.26 Å². The van der Waals surface area contributed by atoms with Gasteiger partial charge < -0.3 is 25.3 Å². The highest BCUT2D eigenvalue weighted by Crippen LogP contribution is 2.22. The number of nitrogens with zero attached hydrogens (tertiary/aromatic N) is 1. The van der Waals surface area contributed by atoms with Gasteiger partial charge in [-0.1, -0.05) is 30.3 Å². The average molecular weight is 454 g/mol. The van der Waals surface area contributed by atoms with Crippen LogP contribution in [-0.4, -0.2) is 27.9 Å². The van der Waals surface area contributed by atoms with E-state index >= 15 is 0 Å². The fraction of sp³-hybridized carbons (Fsp3) is 0.182. The SMILES string of the molecule is CNc1ccc(NC(=O)c2nc(=S)[nH]c(=S)[nH]2)cc1CC/C=C/OCc1ccccc1. The van der Waals surface area contributed by atoms with Gasteiger partial charge in [0.05, 0.1) is 6.26 Å². The number of nitrogens with one attached hydrogen (secondary N) is 4. The van der Waals surface area contributed by atoms with Gasteiger partial charge in [-0.05, 0) is 72.7 Å². The summed E-state index contributed by atoms with van der Waals surface area (Å²) in [6, 6.07) is 15.7. The summed E-state index contributed by atoms with van der Waals surface area (Å²) in [4.78, 5) is 21.8. The molecule has 0 saturated carbocycles. The summed E-state index contributed by atoms with van der Waals surface area (Å²) in [5.41, 5.74) is 3.85. The van der Waals surface area contributed by atoms with E-state index in [4.69, 9.17) is 29.2 Å². The van der Waals surface area contributed by atoms with Gasteiger partial charge in [-0.15, -0.1) is 0 Å². The molecule has 0 aliphatic heterocycles. The molecule has 160 valence electrons. The van der Waals surface area contributed by atoms with Crippen molar-refractivity contribution in [2.45, 2.75) is 19.4 Å². The number of amides is 1. The van der Waals surface area contributed by atoms with Gasteiger partial charge >= 0.3 is 0 Å². The zero-order valence-electron chi connectivity index (χ0n) is 17.0. The van der Waals surface area contributed by atoms with E-state index in [9.17, 15) is 4.79 Å². The third kappa shape index (κ3) is 6.87. The van der Waals surface area contributed by atoms with Crippen molar-refractivity contribution in [1.29, 1.82) is 0 Å². The van der Waals surface area contributed by atoms with Gasteiger partial charge in [-0.2, -0.15) is 4.98 Å². The van der Waals surface area contributed by atoms with Crippen LogP contribution in [0.3, 0.4) is 0 Å². The summed E-state index contributed by atoms with van der Waals surface area (Å²) < 4.78 is 5.98. The number of aryl methyl sites for hydroxylation is 1. The Kier molecular flexibility index (Phi) is 8.08. The number of aromatic nitrogens is 3. The Morgan fingerprint density at radius 1 is 1.16 bits per heavy atom. The minimum atomic E-state index is -0.413. The van der Waals surface area contributed by atoms with Crippen LogP contribution in [-0.2, 0) is 17.8 Å². The molecule has 0 aliphatic rings. The van der Waals surface area contributed by atoms with Crippen molar-refractivity contribution < 1.29 is 9.53 Å². The van der Waals surface area contributed by atoms with Crippen LogP contribution in [0.4, 0.5) is 11.4 Å². The Morgan fingerprint density at radius 3 is 2.71 bits per heavy atom. The fourth-order valence-corrected chi connectivity index (χ4v) is 3.36. The summed E-state index contributed by atoms with van der Waals surface area (Å²) in [6.07, 6.45) is 5.29. The highest BCUT2D eigenvalue weighted by molar-refractivity contribution is 7.71. The maximum absolute atomic E-state index is 12.5. The molecule has 0 spiro atoms. The van der Waals surface area contributed by atoms with Gasteiger partial charge in [0, 0.05) is 18.4 Å². The van der Waals surface area contributed by atoms with Crippen LogP contribution in [0.15, 0.2) is 60.9 Å². The number of hydrogen-bond donors (Lipinski definition) is 4. The molecule has 1 heterocycles. The summed E-state index contributed by atoms with van der Waals surface area (Å²) in [7, 11) is 1.87. The van der Waals surface area contributed by atoms with Gasteiger partial charge in [0.2, 0.25) is 10.6 Å². The van der Waals surface area contributed by atoms with Crippen molar-refractivity contribution in [2.75, 3.05) is 17.7 Å². The van der Waals surface area contributed by atoms with E-state index in [-0.39, 0.29) is 15.4 Å². The molecule has 0 atom stereocenters. The lowest BCUT2D eigenvalue weighted by Crippen LogP contribution is -2.16. The van der Waals surface area contributed by atoms with E-state index in [0.29, 0.717) is 12.3 Å². The average Bonchev–Trinajstić information content (AvgIpc) is 2.76. The summed E-state index contributed by atoms with van der Waals surface area (Å²) in [5.74, 6) is -0.352. The number of anilines is 2. The molecule has 0 bridgehead atoms. The van der Waals surface area contributed by atoms with E-state index in [1.807, 2.05) is 61.7 Å². The predicted molar refractivity (Wildman–Crippen MR) is 127 cm³/mol. The monoisotopic (exact) mass is 453 g/mol. The van der Waals surface area contributed by atoms with E-state index < -0.39 is 5.91 Å². The zero-order valence-corrected chi connectivity index (χ0v) is 18.6. The van der Waals surface area contributed by atoms with Crippen molar-refractivity contribution in [3.05, 3.63) is 87.4 Å². The van der Waals surface area contributed by atoms with Crippen LogP contribution in [0.1, 0.15) is 28.2 Å². The molecule has 3 aromatic rings. The molecule has 1 amide bonds. The Morgan fingerprint density at radius 2 is 1.97 bits per heavy atom. The van der Waals surface area contributed by atoms with E-state index in [0.717, 1.165) is 29.7 Å². The van der Waals surface area contributed by atoms with Crippen LogP contribution in [0.5, 0.6) is 0 Å². The lowest BCUT2D eigenvalue weighted by Gasteiger charge is -2.12. The topological polar surface area (TPSA) is 94.8 Å². The number of H-pyrrole nitrogens is 2. The van der Waals surface area contributed by atoms with Crippen molar-refractivity contribution in [2.24, 2.45) is 0 Å². The smallest absolute Gasteiger partial charge is 0.291 e. The molecule has 7 nitrogen and oxygen atoms in total. The highest BCUT2D eigenvalue weighted by atomic mass is 32.1. The molecule has 2 aromatic carbocycles. The van der Waals surface area contributed by atoms with Crippen molar-refractivity contribution >= 4 is 41.7 Å². The summed E-state index contributed by atoms with van der Waals surface area (Å²) >= 11 is 9.98. The summed E-state index contributed by atoms with van der Waals surface area (Å²) in [5, 5.41) is 6.00. The molecule has 4 N–H and O–H groups in total. The van der Waals surface area contributed by atoms with Crippen LogP contribution in [0, 0.1) is 9.54 Å². The number of aromatic amines is 2. The van der Waals surface area contributed by atoms with Gasteiger partial charge in [0.25, 0.3) is 5.91 Å². The van der Waals surface area contributed by atoms with Crippen LogP contribution in [0.2, 0.25) is 0 Å². The molecule has 9 heteroatoms. The predicted octanol–water partition coefficient (Wildman–Crippen LogP) is 5.15. The number of benzene rings is 2. The Bertz CT molecular complexity index is 1140. The number of allylic oxidation sites excluding steroid dienone is 1. The Balaban J connectivity index is 1.59. The van der Waals surface area contributed by atoms with Gasteiger partial charge in [0.1, 0.15) is 6.61 Å². The third-order valence-corrected chi connectivity index (χ3v) is 4.78. The quantitative estimate of drug-likeness (QED) is 0.264. The lowest BCUT2D eigenvalue weighted by molar-refractivity contribution is 0.101. The second kappa shape index (κ2) is 11.2. The fourth-order valence-electron chi connectivity index (χ4n) is 2.91. The molecule has 3 rings (SSSR count). The van der Waals surface area contributed by atoms with Gasteiger partial charge in [-0.3, -0.25) is 4.79 Å². The largest absolute Gasteiger partial charge is 0.497 e. The molecule has 31 heavy (non-hydrogen) atoms. The first-order valence-electron chi connectivity index (χ1n) is 9.68. The van der Waals surface area contributed by atoms with Crippen molar-refractivity contribution in [1.82, 2.24) is 15.0 Å². The highest BCUT2D eigenvalue weighted by Gasteiger charge is 2.10. The molecule has 0 radical (unpaired) electrons. The van der Waals surface area contributed by atoms with Crippen LogP contribution >= 0.6 is 24.4 Å². The number of carbonyl (C=O) groups is 1. The normalized spacial score (nSPS) is 10.7. The standard InChI is InChI=1S/C22H23N5O2S2/c1-23-18-11-10-17(24-20(28)19-25-21(30)27-22(31)26-19)13-16(18)9-5-6-12-29-14-15-7-3-2-4-8-15/h2-4,6-8,10-13,23H,5,9,14H2,1H3,(H,24,28)(H2,25,26,27,30,31)/b12-6+. The maximum Gasteiger partial charge on any atom is 0.291 e. The Labute approximate surface area is 190 Å². The van der Waals surface area contributed by atoms with Crippen LogP contribution < -0.4 is 10.6 Å². The van der Waals surface area contributed by atoms with E-state index in [2.05, 4.69) is 25.6 Å². The molecule has 0 unspecified atom stereocenters. The molecule has 0 aliphatic carbocycles. The number of ether oxygens (including phenoxy) is 1. The van der Waals surface area contributed by atoms with Gasteiger partial charge in [-0.25, -0.2) is 0 Å². The van der Waals surface area contributed by atoms with Crippen molar-refractivity contribution in [3.8, 4) is 0 Å². The zero-order chi connectivity index (χ0) is 22.1. The summed E-state index contributed by atoms with van der Waals surface area (Å²) in [6.45, 7) is 0.543. The molecular formula is C22H23N5O2S2. The third-order valence-electron chi connectivity index (χ3n) is 4.38. The first-order valence-corrected chi connectivity index (χ1v) is 10.5. The minimum Gasteiger partial charge on any atom is -0.497 e. The number of rotatable bonds is 9. The van der Waals surface area contributed by atoms with Crippen LogP contribution in [0.25, 0.3) is 0 Å². The molecule has 0 fully saturated rings. The van der Waals surface area contributed by atoms with Gasteiger partial charge in [0.15, 0.2) is 4.77 Å². The minimum absolute atomic E-state index is 0.0616. The molecule has 0 saturated heterocycles. The second-order valence-electron chi connectivity index (χ2n) is 6.63. The second-order valence-corrected chi connectivity index (χ2v) is 7.42. The first kappa shape index (κ1) is 22.4. The maximum atomic E-state index is 12.5. The lowest BCUT2D eigenvalue weighted by atomic mass is 10.1. The number of hydrogen-bond acceptors (Lipinski definition) is 6. The molecular weight excluding hydrogens is 430 g/mol. The first-order chi connectivity index (χ1) is 15.0.